The molecule has 0 unspecified atom stereocenters. The number of carbonyl (C=O) groups is 2. The summed E-state index contributed by atoms with van der Waals surface area (Å²) in [5.41, 5.74) is -0.0164. The van der Waals surface area contributed by atoms with Gasteiger partial charge in [0.1, 0.15) is 12.4 Å². The Balaban J connectivity index is 0. The molecule has 0 saturated carbocycles. The van der Waals surface area contributed by atoms with Crippen molar-refractivity contribution in [3.8, 4) is 0 Å². The molecule has 3 heteroatoms. The first-order valence-corrected chi connectivity index (χ1v) is 5.96. The zero-order valence-corrected chi connectivity index (χ0v) is 12.6. The lowest BCUT2D eigenvalue weighted by Gasteiger charge is -2.17. The van der Waals surface area contributed by atoms with E-state index in [-0.39, 0.29) is 29.2 Å². The van der Waals surface area contributed by atoms with E-state index in [9.17, 15) is 9.59 Å². The van der Waals surface area contributed by atoms with Gasteiger partial charge in [-0.05, 0) is 40.0 Å². The van der Waals surface area contributed by atoms with Gasteiger partial charge in [-0.15, -0.1) is 0 Å². The number of hydrogen-bond donors (Lipinski definition) is 0. The van der Waals surface area contributed by atoms with Crippen molar-refractivity contribution in [3.05, 3.63) is 0 Å². The Hall–Kier alpha value is -0.700. The molecule has 0 spiro atoms. The monoisotopic (exact) mass is 244 g/mol. The normalized spacial score (nSPS) is 11.5. The minimum atomic E-state index is -0.189. The van der Waals surface area contributed by atoms with Crippen molar-refractivity contribution in [3.63, 3.8) is 0 Å². The van der Waals surface area contributed by atoms with Crippen LogP contribution in [0.3, 0.4) is 0 Å². The molecule has 0 bridgehead atoms. The highest BCUT2D eigenvalue weighted by Gasteiger charge is 2.11. The van der Waals surface area contributed by atoms with Crippen LogP contribution in [0, 0.1) is 5.41 Å². The number of hydrogen-bond acceptors (Lipinski definition) is 3. The minimum Gasteiger partial charge on any atom is -0.368 e. The summed E-state index contributed by atoms with van der Waals surface area (Å²) in [5, 5.41) is 0. The van der Waals surface area contributed by atoms with Crippen LogP contribution < -0.4 is 0 Å². The summed E-state index contributed by atoms with van der Waals surface area (Å²) in [5.74, 6) is 0.349. The quantitative estimate of drug-likeness (QED) is 0.764. The van der Waals surface area contributed by atoms with Gasteiger partial charge in [0.05, 0.1) is 5.60 Å². The number of rotatable bonds is 3. The highest BCUT2D eigenvalue weighted by Crippen LogP contribution is 2.17. The zero-order valence-electron chi connectivity index (χ0n) is 12.6. The minimum absolute atomic E-state index is 0.0740. The van der Waals surface area contributed by atoms with Crippen molar-refractivity contribution in [2.75, 3.05) is 6.61 Å². The molecule has 102 valence electrons. The molecule has 3 nitrogen and oxygen atoms in total. The molecule has 0 aromatic rings. The van der Waals surface area contributed by atoms with Crippen molar-refractivity contribution in [2.45, 2.75) is 67.4 Å². The van der Waals surface area contributed by atoms with E-state index >= 15 is 0 Å². The van der Waals surface area contributed by atoms with Crippen LogP contribution in [-0.2, 0) is 14.3 Å². The molecule has 0 N–H and O–H groups in total. The molecule has 0 aromatic heterocycles. The summed E-state index contributed by atoms with van der Waals surface area (Å²) >= 11 is 0. The van der Waals surface area contributed by atoms with Crippen LogP contribution >= 0.6 is 0 Å². The van der Waals surface area contributed by atoms with Crippen molar-refractivity contribution < 1.29 is 14.3 Å². The SMILES string of the molecule is CC(=O)CC(C)(C)C.CC(=O)COC(C)(C)C. The molecule has 0 saturated heterocycles. The lowest BCUT2D eigenvalue weighted by molar-refractivity contribution is -0.126. The second-order valence-corrected chi connectivity index (χ2v) is 6.54. The van der Waals surface area contributed by atoms with E-state index < -0.39 is 0 Å². The Morgan fingerprint density at radius 1 is 0.882 bits per heavy atom. The van der Waals surface area contributed by atoms with Crippen molar-refractivity contribution >= 4 is 11.6 Å². The average molecular weight is 244 g/mol. The lowest BCUT2D eigenvalue weighted by Crippen LogP contribution is -2.22. The van der Waals surface area contributed by atoms with Crippen LogP contribution in [-0.4, -0.2) is 23.8 Å². The van der Waals surface area contributed by atoms with Crippen molar-refractivity contribution in [2.24, 2.45) is 5.41 Å². The predicted molar refractivity (Wildman–Crippen MR) is 71.1 cm³/mol. The number of ether oxygens (including phenoxy) is 1. The topological polar surface area (TPSA) is 43.4 Å². The molecule has 0 atom stereocenters. The zero-order chi connectivity index (χ0) is 14.3. The van der Waals surface area contributed by atoms with E-state index in [2.05, 4.69) is 20.8 Å². The third kappa shape index (κ3) is 25.5. The van der Waals surface area contributed by atoms with Gasteiger partial charge >= 0.3 is 0 Å². The average Bonchev–Trinajstić information content (AvgIpc) is 1.95. The van der Waals surface area contributed by atoms with E-state index in [0.29, 0.717) is 6.42 Å². The summed E-state index contributed by atoms with van der Waals surface area (Å²) in [6.07, 6.45) is 0.687. The molecule has 17 heavy (non-hydrogen) atoms. The molecule has 0 aromatic carbocycles. The van der Waals surface area contributed by atoms with Gasteiger partial charge < -0.3 is 9.53 Å². The maximum Gasteiger partial charge on any atom is 0.155 e. The Bertz CT molecular complexity index is 241. The lowest BCUT2D eigenvalue weighted by atomic mass is 9.91. The van der Waals surface area contributed by atoms with Crippen LogP contribution in [0.15, 0.2) is 0 Å². The molecule has 0 aliphatic rings. The second-order valence-electron chi connectivity index (χ2n) is 6.54. The first-order chi connectivity index (χ1) is 7.33. The Morgan fingerprint density at radius 3 is 1.35 bits per heavy atom. The van der Waals surface area contributed by atoms with Crippen molar-refractivity contribution in [1.82, 2.24) is 0 Å². The van der Waals surface area contributed by atoms with E-state index in [1.165, 1.54) is 6.92 Å². The first-order valence-electron chi connectivity index (χ1n) is 5.96. The third-order valence-electron chi connectivity index (χ3n) is 1.49. The molecule has 0 heterocycles. The molecule has 0 aliphatic carbocycles. The largest absolute Gasteiger partial charge is 0.368 e. The summed E-state index contributed by atoms with van der Waals surface area (Å²) in [7, 11) is 0. The number of Topliss-reactive ketones (excluding diaryl/α,β-unsaturated/α-hetero) is 2. The predicted octanol–water partition coefficient (Wildman–Crippen LogP) is 3.40. The maximum atomic E-state index is 10.5. The van der Waals surface area contributed by atoms with Crippen LogP contribution in [0.4, 0.5) is 0 Å². The standard InChI is InChI=1S/C7H14O2.C7H14O/c1-6(8)5-9-7(2,3)4;1-6(8)5-7(2,3)4/h5H2,1-4H3;5H2,1-4H3. The van der Waals surface area contributed by atoms with Crippen LogP contribution in [0.5, 0.6) is 0 Å². The van der Waals surface area contributed by atoms with Gasteiger partial charge in [0, 0.05) is 6.42 Å². The van der Waals surface area contributed by atoms with Gasteiger partial charge in [-0.3, -0.25) is 4.79 Å². The van der Waals surface area contributed by atoms with Crippen LogP contribution in [0.1, 0.15) is 61.8 Å². The number of carbonyl (C=O) groups excluding carboxylic acids is 2. The van der Waals surface area contributed by atoms with E-state index in [1.807, 2.05) is 20.8 Å². The summed E-state index contributed by atoms with van der Waals surface area (Å²) < 4.78 is 5.14. The highest BCUT2D eigenvalue weighted by molar-refractivity contribution is 5.76. The summed E-state index contributed by atoms with van der Waals surface area (Å²) in [6.45, 7) is 15.3. The molecular formula is C14H28O3. The fourth-order valence-electron chi connectivity index (χ4n) is 1.06. The Kier molecular flexibility index (Phi) is 8.33. The molecule has 0 radical (unpaired) electrons. The van der Waals surface area contributed by atoms with E-state index in [1.54, 1.807) is 6.92 Å². The van der Waals surface area contributed by atoms with Gasteiger partial charge in [0.25, 0.3) is 0 Å². The third-order valence-corrected chi connectivity index (χ3v) is 1.49. The van der Waals surface area contributed by atoms with Gasteiger partial charge in [-0.1, -0.05) is 20.8 Å². The summed E-state index contributed by atoms with van der Waals surface area (Å²) in [4.78, 5) is 20.8. The highest BCUT2D eigenvalue weighted by atomic mass is 16.5. The van der Waals surface area contributed by atoms with Gasteiger partial charge in [-0.25, -0.2) is 0 Å². The van der Waals surface area contributed by atoms with E-state index in [0.717, 1.165) is 0 Å². The number of ketones is 2. The molecular weight excluding hydrogens is 216 g/mol. The molecule has 0 aliphatic heterocycles. The van der Waals surface area contributed by atoms with E-state index in [4.69, 9.17) is 4.74 Å². The first kappa shape index (κ1) is 18.7. The van der Waals surface area contributed by atoms with Gasteiger partial charge in [-0.2, -0.15) is 0 Å². The summed E-state index contributed by atoms with van der Waals surface area (Å²) in [6, 6.07) is 0. The Labute approximate surface area is 106 Å². The molecule has 0 fully saturated rings. The maximum absolute atomic E-state index is 10.5. The smallest absolute Gasteiger partial charge is 0.155 e. The molecule has 0 amide bonds. The van der Waals surface area contributed by atoms with Crippen LogP contribution in [0.25, 0.3) is 0 Å². The van der Waals surface area contributed by atoms with Crippen molar-refractivity contribution in [1.29, 1.82) is 0 Å². The van der Waals surface area contributed by atoms with Crippen LogP contribution in [0.2, 0.25) is 0 Å². The molecule has 0 rings (SSSR count). The second kappa shape index (κ2) is 7.59. The fourth-order valence-corrected chi connectivity index (χ4v) is 1.06. The van der Waals surface area contributed by atoms with Gasteiger partial charge in [0.2, 0.25) is 0 Å². The Morgan fingerprint density at radius 2 is 1.29 bits per heavy atom. The fraction of sp³-hybridized carbons (Fsp3) is 0.857. The van der Waals surface area contributed by atoms with Gasteiger partial charge in [0.15, 0.2) is 5.78 Å².